The van der Waals surface area contributed by atoms with Gasteiger partial charge in [0.05, 0.1) is 13.5 Å². The Labute approximate surface area is 125 Å². The summed E-state index contributed by atoms with van der Waals surface area (Å²) < 4.78 is 5.31. The summed E-state index contributed by atoms with van der Waals surface area (Å²) in [5, 5.41) is 8.70. The normalized spacial score (nSPS) is 11.0. The minimum atomic E-state index is -0.905. The smallest absolute Gasteiger partial charge is 0.305 e. The molecule has 1 aromatic carbocycles. The maximum atomic E-state index is 12.5. The number of carboxylic acids is 1. The van der Waals surface area contributed by atoms with Gasteiger partial charge in [-0.3, -0.25) is 9.59 Å². The van der Waals surface area contributed by atoms with Crippen molar-refractivity contribution in [3.63, 3.8) is 0 Å². The number of hydrogen-bond acceptors (Lipinski definition) is 3. The second kappa shape index (κ2) is 7.11. The average molecular weight is 293 g/mol. The lowest BCUT2D eigenvalue weighted by molar-refractivity contribution is -0.141. The first-order valence-electron chi connectivity index (χ1n) is 6.87. The molecule has 21 heavy (non-hydrogen) atoms. The number of benzene rings is 1. The third-order valence-corrected chi connectivity index (χ3v) is 3.41. The average Bonchev–Trinajstić information content (AvgIpc) is 2.44. The fraction of sp³-hybridized carbons (Fsp3) is 0.500. The van der Waals surface area contributed by atoms with Crippen LogP contribution in [0.15, 0.2) is 24.3 Å². The van der Waals surface area contributed by atoms with Gasteiger partial charge in [0.2, 0.25) is 5.91 Å². The summed E-state index contributed by atoms with van der Waals surface area (Å²) in [5.74, 6) is -0.224. The predicted molar refractivity (Wildman–Crippen MR) is 80.4 cm³/mol. The monoisotopic (exact) mass is 293 g/mol. The highest BCUT2D eigenvalue weighted by atomic mass is 16.5. The van der Waals surface area contributed by atoms with Gasteiger partial charge in [0.25, 0.3) is 0 Å². The van der Waals surface area contributed by atoms with Crippen molar-refractivity contribution in [2.75, 3.05) is 20.7 Å². The molecule has 1 rings (SSSR count). The van der Waals surface area contributed by atoms with Gasteiger partial charge >= 0.3 is 5.97 Å². The maximum absolute atomic E-state index is 12.5. The van der Waals surface area contributed by atoms with E-state index in [0.29, 0.717) is 6.42 Å². The molecule has 0 unspecified atom stereocenters. The summed E-state index contributed by atoms with van der Waals surface area (Å²) in [5.41, 5.74) is 0.340. The van der Waals surface area contributed by atoms with Gasteiger partial charge in [0, 0.05) is 19.0 Å². The van der Waals surface area contributed by atoms with Gasteiger partial charge in [0.15, 0.2) is 0 Å². The van der Waals surface area contributed by atoms with Gasteiger partial charge in [0.1, 0.15) is 5.75 Å². The molecule has 1 N–H and O–H groups in total. The molecule has 0 fully saturated rings. The fourth-order valence-electron chi connectivity index (χ4n) is 2.28. The number of carboxylic acid groups (broad SMARTS) is 1. The van der Waals surface area contributed by atoms with Gasteiger partial charge in [-0.1, -0.05) is 32.0 Å². The lowest BCUT2D eigenvalue weighted by Gasteiger charge is -2.29. The van der Waals surface area contributed by atoms with E-state index >= 15 is 0 Å². The first-order valence-corrected chi connectivity index (χ1v) is 6.87. The number of amides is 1. The molecule has 0 spiro atoms. The number of carbonyl (C=O) groups is 2. The van der Waals surface area contributed by atoms with Crippen LogP contribution in [0.4, 0.5) is 0 Å². The van der Waals surface area contributed by atoms with Crippen molar-refractivity contribution >= 4 is 11.9 Å². The fourth-order valence-corrected chi connectivity index (χ4v) is 2.28. The van der Waals surface area contributed by atoms with E-state index in [1.807, 2.05) is 38.1 Å². The highest BCUT2D eigenvalue weighted by molar-refractivity contribution is 5.82. The van der Waals surface area contributed by atoms with Crippen LogP contribution < -0.4 is 4.74 Å². The zero-order valence-corrected chi connectivity index (χ0v) is 13.0. The highest BCUT2D eigenvalue weighted by Gasteiger charge is 2.31. The minimum Gasteiger partial charge on any atom is -0.496 e. The van der Waals surface area contributed by atoms with Gasteiger partial charge in [-0.05, 0) is 18.1 Å². The number of carbonyl (C=O) groups excluding carboxylic acids is 1. The zero-order chi connectivity index (χ0) is 16.0. The quantitative estimate of drug-likeness (QED) is 0.837. The molecule has 0 saturated heterocycles. The summed E-state index contributed by atoms with van der Waals surface area (Å²) in [6, 6.07) is 7.60. The second-order valence-electron chi connectivity index (χ2n) is 5.74. The van der Waals surface area contributed by atoms with Crippen molar-refractivity contribution in [2.45, 2.75) is 26.7 Å². The second-order valence-corrected chi connectivity index (χ2v) is 5.74. The molecule has 0 bridgehead atoms. The van der Waals surface area contributed by atoms with Crippen molar-refractivity contribution in [3.05, 3.63) is 29.8 Å². The van der Waals surface area contributed by atoms with Crippen molar-refractivity contribution in [2.24, 2.45) is 5.41 Å². The molecule has 0 saturated carbocycles. The van der Waals surface area contributed by atoms with Crippen molar-refractivity contribution in [1.29, 1.82) is 0 Å². The Morgan fingerprint density at radius 2 is 1.90 bits per heavy atom. The molecule has 5 nitrogen and oxygen atoms in total. The Morgan fingerprint density at radius 1 is 1.29 bits per heavy atom. The topological polar surface area (TPSA) is 66.8 Å². The predicted octanol–water partition coefficient (Wildman–Crippen LogP) is 2.20. The van der Waals surface area contributed by atoms with Crippen molar-refractivity contribution < 1.29 is 19.4 Å². The van der Waals surface area contributed by atoms with Crippen LogP contribution in [0.1, 0.15) is 25.8 Å². The Morgan fingerprint density at radius 3 is 2.48 bits per heavy atom. The van der Waals surface area contributed by atoms with E-state index in [1.54, 1.807) is 14.2 Å². The van der Waals surface area contributed by atoms with Gasteiger partial charge in [-0.2, -0.15) is 0 Å². The first-order chi connectivity index (χ1) is 9.77. The summed E-state index contributed by atoms with van der Waals surface area (Å²) in [4.78, 5) is 24.5. The molecule has 0 atom stereocenters. The Balaban J connectivity index is 2.80. The van der Waals surface area contributed by atoms with E-state index in [-0.39, 0.29) is 18.9 Å². The number of rotatable bonds is 7. The van der Waals surface area contributed by atoms with Gasteiger partial charge in [-0.15, -0.1) is 0 Å². The van der Waals surface area contributed by atoms with Crippen LogP contribution in [0.25, 0.3) is 0 Å². The van der Waals surface area contributed by atoms with Crippen LogP contribution in [0.2, 0.25) is 0 Å². The highest BCUT2D eigenvalue weighted by Crippen LogP contribution is 2.29. The molecule has 0 aliphatic carbocycles. The number of nitrogens with zero attached hydrogens (tertiary/aromatic N) is 1. The third-order valence-electron chi connectivity index (χ3n) is 3.41. The lowest BCUT2D eigenvalue weighted by Crippen LogP contribution is -2.40. The summed E-state index contributed by atoms with van der Waals surface area (Å²) in [6.07, 6.45) is 0.486. The van der Waals surface area contributed by atoms with Crippen LogP contribution >= 0.6 is 0 Å². The molecule has 5 heteroatoms. The number of ether oxygens (including phenoxy) is 1. The number of para-hydroxylation sites is 1. The molecular weight excluding hydrogens is 270 g/mol. The molecule has 0 aromatic heterocycles. The van der Waals surface area contributed by atoms with Crippen LogP contribution in [-0.2, 0) is 16.0 Å². The molecule has 0 aliphatic rings. The summed E-state index contributed by atoms with van der Waals surface area (Å²) in [6.45, 7) is 3.93. The van der Waals surface area contributed by atoms with Gasteiger partial charge < -0.3 is 14.7 Å². The molecule has 0 aliphatic heterocycles. The molecular formula is C16H23NO4. The summed E-state index contributed by atoms with van der Waals surface area (Å²) in [7, 11) is 3.24. The zero-order valence-electron chi connectivity index (χ0n) is 13.0. The first kappa shape index (κ1) is 17.0. The van der Waals surface area contributed by atoms with E-state index in [9.17, 15) is 9.59 Å². The lowest BCUT2D eigenvalue weighted by atomic mass is 9.84. The van der Waals surface area contributed by atoms with Gasteiger partial charge in [-0.25, -0.2) is 0 Å². The van der Waals surface area contributed by atoms with Crippen molar-refractivity contribution in [3.8, 4) is 5.75 Å². The summed E-state index contributed by atoms with van der Waals surface area (Å²) >= 11 is 0. The van der Waals surface area contributed by atoms with Crippen LogP contribution in [0, 0.1) is 5.41 Å². The van der Waals surface area contributed by atoms with Crippen LogP contribution in [-0.4, -0.2) is 42.6 Å². The Kier molecular flexibility index (Phi) is 5.76. The SMILES string of the molecule is COc1ccccc1CC(C)(C)C(=O)N(C)CCC(=O)O. The molecule has 1 aromatic rings. The maximum Gasteiger partial charge on any atom is 0.305 e. The third kappa shape index (κ3) is 4.77. The molecule has 116 valence electrons. The van der Waals surface area contributed by atoms with E-state index in [1.165, 1.54) is 4.90 Å². The van der Waals surface area contributed by atoms with Crippen molar-refractivity contribution in [1.82, 2.24) is 4.90 Å². The molecule has 0 radical (unpaired) electrons. The molecule has 1 amide bonds. The Bertz CT molecular complexity index is 511. The largest absolute Gasteiger partial charge is 0.496 e. The van der Waals surface area contributed by atoms with E-state index in [0.717, 1.165) is 11.3 Å². The number of methoxy groups -OCH3 is 1. The number of hydrogen-bond donors (Lipinski definition) is 1. The van der Waals surface area contributed by atoms with E-state index < -0.39 is 11.4 Å². The van der Waals surface area contributed by atoms with Crippen LogP contribution in [0.3, 0.4) is 0 Å². The Hall–Kier alpha value is -2.04. The van der Waals surface area contributed by atoms with E-state index in [4.69, 9.17) is 9.84 Å². The van der Waals surface area contributed by atoms with E-state index in [2.05, 4.69) is 0 Å². The minimum absolute atomic E-state index is 0.0486. The molecule has 0 heterocycles. The number of aliphatic carboxylic acids is 1. The van der Waals surface area contributed by atoms with Crippen LogP contribution in [0.5, 0.6) is 5.75 Å². The standard InChI is InChI=1S/C16H23NO4/c1-16(2,15(20)17(3)10-9-14(18)19)11-12-7-5-6-8-13(12)21-4/h5-8H,9-11H2,1-4H3,(H,18,19).